The van der Waals surface area contributed by atoms with Gasteiger partial charge >= 0.3 is 0 Å². The van der Waals surface area contributed by atoms with Crippen LogP contribution < -0.4 is 0 Å². The largest absolute Gasteiger partial charge is 0.384 e. The van der Waals surface area contributed by atoms with Crippen molar-refractivity contribution < 1.29 is 13.9 Å². The fourth-order valence-electron chi connectivity index (χ4n) is 3.42. The average molecular weight is 265 g/mol. The lowest BCUT2D eigenvalue weighted by atomic mass is 9.82. The Hall–Kier alpha value is -0.970. The number of nitrogens with zero attached hydrogens (tertiary/aromatic N) is 1. The molecule has 0 spiro atoms. The second kappa shape index (κ2) is 5.19. The Bertz CT molecular complexity index is 454. The van der Waals surface area contributed by atoms with E-state index in [0.29, 0.717) is 12.5 Å². The van der Waals surface area contributed by atoms with E-state index in [-0.39, 0.29) is 11.2 Å². The Morgan fingerprint density at radius 3 is 3.11 bits per heavy atom. The van der Waals surface area contributed by atoms with Crippen LogP contribution in [0.4, 0.5) is 4.39 Å². The van der Waals surface area contributed by atoms with Crippen LogP contribution in [0.25, 0.3) is 0 Å². The first kappa shape index (κ1) is 13.0. The second-order valence-electron chi connectivity index (χ2n) is 5.77. The van der Waals surface area contributed by atoms with Gasteiger partial charge in [-0.25, -0.2) is 4.39 Å². The van der Waals surface area contributed by atoms with E-state index in [1.807, 2.05) is 12.1 Å². The number of benzene rings is 1. The van der Waals surface area contributed by atoms with Gasteiger partial charge in [0.2, 0.25) is 0 Å². The summed E-state index contributed by atoms with van der Waals surface area (Å²) in [5, 5.41) is 0. The van der Waals surface area contributed by atoms with Crippen LogP contribution in [-0.2, 0) is 16.0 Å². The minimum Gasteiger partial charge on any atom is -0.384 e. The minimum absolute atomic E-state index is 0.111. The molecule has 3 nitrogen and oxygen atoms in total. The summed E-state index contributed by atoms with van der Waals surface area (Å²) in [6.45, 7) is 4.87. The summed E-state index contributed by atoms with van der Waals surface area (Å²) in [6.07, 6.45) is 0. The van der Waals surface area contributed by atoms with E-state index in [1.165, 1.54) is 6.07 Å². The lowest BCUT2D eigenvalue weighted by Crippen LogP contribution is -2.35. The molecule has 2 atom stereocenters. The van der Waals surface area contributed by atoms with E-state index in [1.54, 1.807) is 13.2 Å². The Kier molecular flexibility index (Phi) is 3.56. The van der Waals surface area contributed by atoms with Crippen LogP contribution in [0, 0.1) is 17.2 Å². The van der Waals surface area contributed by atoms with Crippen molar-refractivity contribution in [1.29, 1.82) is 0 Å². The molecule has 0 aliphatic carbocycles. The summed E-state index contributed by atoms with van der Waals surface area (Å²) in [7, 11) is 1.74. The maximum absolute atomic E-state index is 13.7. The summed E-state index contributed by atoms with van der Waals surface area (Å²) in [6, 6.07) is 7.02. The number of hydrogen-bond donors (Lipinski definition) is 0. The topological polar surface area (TPSA) is 21.7 Å². The SMILES string of the molecule is COC[C@]12COC[C@H]1CN(Cc1ccccc1F)C2. The fraction of sp³-hybridized carbons (Fsp3) is 0.600. The first-order chi connectivity index (χ1) is 9.23. The Labute approximate surface area is 113 Å². The molecule has 2 saturated heterocycles. The number of hydrogen-bond acceptors (Lipinski definition) is 3. The zero-order chi connectivity index (χ0) is 13.3. The highest BCUT2D eigenvalue weighted by Crippen LogP contribution is 2.41. The predicted molar refractivity (Wildman–Crippen MR) is 70.3 cm³/mol. The highest BCUT2D eigenvalue weighted by Gasteiger charge is 2.50. The van der Waals surface area contributed by atoms with Gasteiger partial charge in [0.25, 0.3) is 0 Å². The second-order valence-corrected chi connectivity index (χ2v) is 5.77. The van der Waals surface area contributed by atoms with Crippen molar-refractivity contribution in [2.24, 2.45) is 11.3 Å². The molecule has 0 unspecified atom stereocenters. The normalized spacial score (nSPS) is 30.7. The number of ether oxygens (including phenoxy) is 2. The summed E-state index contributed by atoms with van der Waals surface area (Å²) in [5.74, 6) is 0.399. The van der Waals surface area contributed by atoms with Gasteiger partial charge < -0.3 is 9.47 Å². The quantitative estimate of drug-likeness (QED) is 0.830. The molecule has 0 bridgehead atoms. The van der Waals surface area contributed by atoms with Gasteiger partial charge in [0.1, 0.15) is 5.82 Å². The Morgan fingerprint density at radius 2 is 2.32 bits per heavy atom. The molecule has 1 aromatic carbocycles. The molecular formula is C15H20FNO2. The lowest BCUT2D eigenvalue weighted by Gasteiger charge is -2.26. The smallest absolute Gasteiger partial charge is 0.127 e. The molecule has 0 radical (unpaired) electrons. The van der Waals surface area contributed by atoms with Gasteiger partial charge in [0.15, 0.2) is 0 Å². The van der Waals surface area contributed by atoms with Gasteiger partial charge in [0.05, 0.1) is 19.8 Å². The lowest BCUT2D eigenvalue weighted by molar-refractivity contribution is 0.0532. The number of rotatable bonds is 4. The van der Waals surface area contributed by atoms with Gasteiger partial charge in [-0.1, -0.05) is 18.2 Å². The van der Waals surface area contributed by atoms with Crippen LogP contribution in [0.5, 0.6) is 0 Å². The van der Waals surface area contributed by atoms with Crippen LogP contribution in [0.1, 0.15) is 5.56 Å². The highest BCUT2D eigenvalue weighted by molar-refractivity contribution is 5.17. The van der Waals surface area contributed by atoms with Crippen molar-refractivity contribution in [2.75, 3.05) is 40.0 Å². The molecule has 3 rings (SSSR count). The third kappa shape index (κ3) is 2.40. The molecular weight excluding hydrogens is 245 g/mol. The van der Waals surface area contributed by atoms with Crippen LogP contribution in [0.3, 0.4) is 0 Å². The van der Waals surface area contributed by atoms with Crippen molar-refractivity contribution in [2.45, 2.75) is 6.54 Å². The summed E-state index contributed by atoms with van der Waals surface area (Å²) >= 11 is 0. The Morgan fingerprint density at radius 1 is 1.47 bits per heavy atom. The number of methoxy groups -OCH3 is 1. The van der Waals surface area contributed by atoms with E-state index in [0.717, 1.165) is 38.5 Å². The summed E-state index contributed by atoms with van der Waals surface area (Å²) in [4.78, 5) is 2.32. The maximum atomic E-state index is 13.7. The number of fused-ring (bicyclic) bond motifs is 1. The molecule has 2 heterocycles. The van der Waals surface area contributed by atoms with E-state index in [4.69, 9.17) is 9.47 Å². The molecule has 2 fully saturated rings. The maximum Gasteiger partial charge on any atom is 0.127 e. The van der Waals surface area contributed by atoms with Crippen LogP contribution in [0.15, 0.2) is 24.3 Å². The van der Waals surface area contributed by atoms with E-state index >= 15 is 0 Å². The molecule has 1 aromatic rings. The van der Waals surface area contributed by atoms with Gasteiger partial charge in [-0.2, -0.15) is 0 Å². The molecule has 4 heteroatoms. The molecule has 2 aliphatic rings. The molecule has 0 amide bonds. The van der Waals surface area contributed by atoms with Gasteiger partial charge in [-0.3, -0.25) is 4.90 Å². The fourth-order valence-corrected chi connectivity index (χ4v) is 3.42. The van der Waals surface area contributed by atoms with Gasteiger partial charge in [0, 0.05) is 43.6 Å². The molecule has 0 aromatic heterocycles. The zero-order valence-corrected chi connectivity index (χ0v) is 11.3. The highest BCUT2D eigenvalue weighted by atomic mass is 19.1. The van der Waals surface area contributed by atoms with E-state index in [2.05, 4.69) is 4.90 Å². The molecule has 0 saturated carbocycles. The van der Waals surface area contributed by atoms with Crippen LogP contribution in [0.2, 0.25) is 0 Å². The first-order valence-electron chi connectivity index (χ1n) is 6.76. The Balaban J connectivity index is 1.70. The summed E-state index contributed by atoms with van der Waals surface area (Å²) < 4.78 is 24.7. The van der Waals surface area contributed by atoms with Crippen molar-refractivity contribution in [1.82, 2.24) is 4.90 Å². The monoisotopic (exact) mass is 265 g/mol. The molecule has 2 aliphatic heterocycles. The standard InChI is InChI=1S/C15H20FNO2/c1-18-10-15-9-17(7-13(15)8-19-11-15)6-12-4-2-3-5-14(12)16/h2-5,13H,6-11H2,1H3/t13-,15-/m1/s1. The van der Waals surface area contributed by atoms with E-state index < -0.39 is 0 Å². The zero-order valence-electron chi connectivity index (χ0n) is 11.3. The molecule has 104 valence electrons. The first-order valence-corrected chi connectivity index (χ1v) is 6.76. The molecule has 0 N–H and O–H groups in total. The van der Waals surface area contributed by atoms with Gasteiger partial charge in [-0.15, -0.1) is 0 Å². The minimum atomic E-state index is -0.114. The van der Waals surface area contributed by atoms with Crippen molar-refractivity contribution in [3.63, 3.8) is 0 Å². The van der Waals surface area contributed by atoms with Crippen molar-refractivity contribution in [3.05, 3.63) is 35.6 Å². The molecule has 19 heavy (non-hydrogen) atoms. The van der Waals surface area contributed by atoms with Crippen molar-refractivity contribution >= 4 is 0 Å². The van der Waals surface area contributed by atoms with Crippen LogP contribution in [-0.4, -0.2) is 44.9 Å². The van der Waals surface area contributed by atoms with Gasteiger partial charge in [-0.05, 0) is 6.07 Å². The van der Waals surface area contributed by atoms with E-state index in [9.17, 15) is 4.39 Å². The average Bonchev–Trinajstić information content (AvgIpc) is 2.89. The summed E-state index contributed by atoms with van der Waals surface area (Å²) in [5.41, 5.74) is 0.885. The number of halogens is 1. The third-order valence-corrected chi connectivity index (χ3v) is 4.38. The number of likely N-dealkylation sites (tertiary alicyclic amines) is 1. The van der Waals surface area contributed by atoms with Crippen LogP contribution >= 0.6 is 0 Å². The predicted octanol–water partition coefficient (Wildman–Crippen LogP) is 1.92. The third-order valence-electron chi connectivity index (χ3n) is 4.38. The van der Waals surface area contributed by atoms with Crippen molar-refractivity contribution in [3.8, 4) is 0 Å².